The van der Waals surface area contributed by atoms with Crippen LogP contribution in [0, 0.1) is 0 Å². The van der Waals surface area contributed by atoms with E-state index in [1.54, 1.807) is 11.3 Å². The van der Waals surface area contributed by atoms with E-state index in [4.69, 9.17) is 0 Å². The highest BCUT2D eigenvalue weighted by molar-refractivity contribution is 9.25. The second-order valence-electron chi connectivity index (χ2n) is 3.14. The summed E-state index contributed by atoms with van der Waals surface area (Å²) in [6, 6.07) is 1.92. The normalized spacial score (nSPS) is 20.9. The molecule has 1 aromatic rings. The standard InChI is InChI=1S/C9H8Br2OS/c10-9(11)4-1-2-7-6(8(9)12)3-5-13-7/h3,5H,1-2,4H2. The van der Waals surface area contributed by atoms with Crippen molar-refractivity contribution in [2.45, 2.75) is 22.5 Å². The average molecular weight is 324 g/mol. The SMILES string of the molecule is O=C1c2ccsc2CCCC1(Br)Br. The van der Waals surface area contributed by atoms with Crippen molar-refractivity contribution in [3.05, 3.63) is 21.9 Å². The fourth-order valence-electron chi connectivity index (χ4n) is 1.52. The number of carbonyl (C=O) groups is 1. The van der Waals surface area contributed by atoms with Crippen LogP contribution in [0.25, 0.3) is 0 Å². The van der Waals surface area contributed by atoms with Crippen LogP contribution in [0.1, 0.15) is 28.1 Å². The van der Waals surface area contributed by atoms with Gasteiger partial charge in [-0.25, -0.2) is 0 Å². The van der Waals surface area contributed by atoms with Crippen LogP contribution in [0.2, 0.25) is 0 Å². The van der Waals surface area contributed by atoms with Gasteiger partial charge in [0.05, 0.1) is 0 Å². The molecule has 1 nitrogen and oxygen atoms in total. The molecule has 0 amide bonds. The van der Waals surface area contributed by atoms with Gasteiger partial charge in [0.15, 0.2) is 5.78 Å². The number of rotatable bonds is 0. The van der Waals surface area contributed by atoms with Gasteiger partial charge in [-0.3, -0.25) is 4.79 Å². The molecule has 0 spiro atoms. The second kappa shape index (κ2) is 3.48. The number of aryl methyl sites for hydroxylation is 1. The number of thiophene rings is 1. The molecule has 0 aromatic carbocycles. The highest BCUT2D eigenvalue weighted by Gasteiger charge is 2.36. The Morgan fingerprint density at radius 2 is 2.23 bits per heavy atom. The number of halogens is 2. The van der Waals surface area contributed by atoms with Crippen LogP contribution in [0.15, 0.2) is 11.4 Å². The zero-order valence-electron chi connectivity index (χ0n) is 6.85. The molecule has 0 fully saturated rings. The van der Waals surface area contributed by atoms with Gasteiger partial charge in [-0.15, -0.1) is 11.3 Å². The first-order valence-electron chi connectivity index (χ1n) is 4.10. The van der Waals surface area contributed by atoms with E-state index in [1.807, 2.05) is 11.4 Å². The number of hydrogen-bond acceptors (Lipinski definition) is 2. The molecule has 0 saturated heterocycles. The van der Waals surface area contributed by atoms with Gasteiger partial charge in [-0.05, 0) is 30.7 Å². The molecule has 1 aliphatic carbocycles. The zero-order valence-corrected chi connectivity index (χ0v) is 10.8. The smallest absolute Gasteiger partial charge is 0.191 e. The maximum Gasteiger partial charge on any atom is 0.191 e. The molecule has 1 aliphatic rings. The van der Waals surface area contributed by atoms with Gasteiger partial charge in [0.2, 0.25) is 0 Å². The molecule has 4 heteroatoms. The number of carbonyl (C=O) groups excluding carboxylic acids is 1. The molecule has 0 bridgehead atoms. The maximum atomic E-state index is 11.9. The minimum absolute atomic E-state index is 0.168. The van der Waals surface area contributed by atoms with Crippen LogP contribution in [0.5, 0.6) is 0 Å². The third-order valence-electron chi connectivity index (χ3n) is 2.22. The molecule has 0 radical (unpaired) electrons. The molecule has 13 heavy (non-hydrogen) atoms. The minimum atomic E-state index is -0.522. The van der Waals surface area contributed by atoms with E-state index in [0.717, 1.165) is 24.8 Å². The van der Waals surface area contributed by atoms with Gasteiger partial charge in [0.25, 0.3) is 0 Å². The largest absolute Gasteiger partial charge is 0.292 e. The fraction of sp³-hybridized carbons (Fsp3) is 0.444. The van der Waals surface area contributed by atoms with Crippen molar-refractivity contribution < 1.29 is 4.79 Å². The van der Waals surface area contributed by atoms with Crippen LogP contribution in [-0.2, 0) is 6.42 Å². The molecule has 0 saturated carbocycles. The molecular formula is C9H8Br2OS. The first-order valence-corrected chi connectivity index (χ1v) is 6.57. The van der Waals surface area contributed by atoms with E-state index in [2.05, 4.69) is 31.9 Å². The Labute approximate surface area is 97.8 Å². The van der Waals surface area contributed by atoms with Crippen molar-refractivity contribution >= 4 is 49.0 Å². The first kappa shape index (κ1) is 9.87. The summed E-state index contributed by atoms with van der Waals surface area (Å²) in [4.78, 5) is 13.2. The fourth-order valence-corrected chi connectivity index (χ4v) is 3.42. The van der Waals surface area contributed by atoms with Gasteiger partial charge in [-0.2, -0.15) is 0 Å². The summed E-state index contributed by atoms with van der Waals surface area (Å²) in [5, 5.41) is 1.99. The van der Waals surface area contributed by atoms with Crippen LogP contribution < -0.4 is 0 Å². The zero-order chi connectivity index (χ0) is 9.47. The van der Waals surface area contributed by atoms with E-state index in [0.29, 0.717) is 0 Å². The molecule has 70 valence electrons. The molecular weight excluding hydrogens is 316 g/mol. The molecule has 0 atom stereocenters. The lowest BCUT2D eigenvalue weighted by molar-refractivity contribution is 0.0982. The quantitative estimate of drug-likeness (QED) is 0.525. The predicted octanol–water partition coefficient (Wildman–Crippen LogP) is 3.75. The molecule has 1 aromatic heterocycles. The summed E-state index contributed by atoms with van der Waals surface area (Å²) in [6.07, 6.45) is 2.93. The molecule has 0 unspecified atom stereocenters. The van der Waals surface area contributed by atoms with E-state index in [9.17, 15) is 4.79 Å². The summed E-state index contributed by atoms with van der Waals surface area (Å²) in [5.74, 6) is 0.168. The van der Waals surface area contributed by atoms with Gasteiger partial charge in [-0.1, -0.05) is 31.9 Å². The molecule has 0 N–H and O–H groups in total. The molecule has 1 heterocycles. The van der Waals surface area contributed by atoms with E-state index in [1.165, 1.54) is 4.88 Å². The molecule has 2 rings (SSSR count). The highest BCUT2D eigenvalue weighted by Crippen LogP contribution is 2.40. The first-order chi connectivity index (χ1) is 6.11. The Hall–Kier alpha value is 0.330. The summed E-state index contributed by atoms with van der Waals surface area (Å²) < 4.78 is -0.522. The second-order valence-corrected chi connectivity index (χ2v) is 7.92. The highest BCUT2D eigenvalue weighted by atomic mass is 79.9. The summed E-state index contributed by atoms with van der Waals surface area (Å²) >= 11 is 8.55. The van der Waals surface area contributed by atoms with Gasteiger partial charge in [0, 0.05) is 10.4 Å². The Bertz CT molecular complexity index is 343. The van der Waals surface area contributed by atoms with E-state index < -0.39 is 3.23 Å². The predicted molar refractivity (Wildman–Crippen MR) is 62.2 cm³/mol. The lowest BCUT2D eigenvalue weighted by atomic mass is 10.1. The Morgan fingerprint density at radius 1 is 1.46 bits per heavy atom. The maximum absolute atomic E-state index is 11.9. The number of fused-ring (bicyclic) bond motifs is 1. The third kappa shape index (κ3) is 1.76. The van der Waals surface area contributed by atoms with Gasteiger partial charge >= 0.3 is 0 Å². The van der Waals surface area contributed by atoms with Crippen LogP contribution in [-0.4, -0.2) is 9.02 Å². The molecule has 0 aliphatic heterocycles. The van der Waals surface area contributed by atoms with Crippen LogP contribution in [0.4, 0.5) is 0 Å². The van der Waals surface area contributed by atoms with Crippen molar-refractivity contribution in [3.8, 4) is 0 Å². The number of Topliss-reactive ketones (excluding diaryl/α,β-unsaturated/α-hetero) is 1. The van der Waals surface area contributed by atoms with Crippen LogP contribution >= 0.6 is 43.2 Å². The van der Waals surface area contributed by atoms with E-state index in [-0.39, 0.29) is 5.78 Å². The number of alkyl halides is 2. The monoisotopic (exact) mass is 322 g/mol. The Morgan fingerprint density at radius 3 is 3.00 bits per heavy atom. The lowest BCUT2D eigenvalue weighted by Gasteiger charge is -2.15. The summed E-state index contributed by atoms with van der Waals surface area (Å²) in [6.45, 7) is 0. The Kier molecular flexibility index (Phi) is 2.64. The van der Waals surface area contributed by atoms with Crippen molar-refractivity contribution in [2.24, 2.45) is 0 Å². The van der Waals surface area contributed by atoms with Crippen molar-refractivity contribution in [1.82, 2.24) is 0 Å². The van der Waals surface area contributed by atoms with Crippen molar-refractivity contribution in [1.29, 1.82) is 0 Å². The minimum Gasteiger partial charge on any atom is -0.292 e. The topological polar surface area (TPSA) is 17.1 Å². The van der Waals surface area contributed by atoms with Gasteiger partial charge < -0.3 is 0 Å². The van der Waals surface area contributed by atoms with Gasteiger partial charge in [0.1, 0.15) is 3.23 Å². The summed E-state index contributed by atoms with van der Waals surface area (Å²) in [5.41, 5.74) is 0.885. The van der Waals surface area contributed by atoms with E-state index >= 15 is 0 Å². The third-order valence-corrected chi connectivity index (χ3v) is 4.71. The number of ketones is 1. The summed E-state index contributed by atoms with van der Waals surface area (Å²) in [7, 11) is 0. The van der Waals surface area contributed by atoms with Crippen molar-refractivity contribution in [3.63, 3.8) is 0 Å². The van der Waals surface area contributed by atoms with Crippen LogP contribution in [0.3, 0.4) is 0 Å². The Balaban J connectivity index is 2.47. The average Bonchev–Trinajstić information content (AvgIpc) is 2.47. The lowest BCUT2D eigenvalue weighted by Crippen LogP contribution is -2.23. The van der Waals surface area contributed by atoms with Crippen molar-refractivity contribution in [2.75, 3.05) is 0 Å². The number of hydrogen-bond donors (Lipinski definition) is 0.